The van der Waals surface area contributed by atoms with Crippen LogP contribution >= 0.6 is 0 Å². The van der Waals surface area contributed by atoms with Crippen LogP contribution in [0.15, 0.2) is 77.7 Å². The minimum atomic E-state index is -3.69. The number of anilines is 1. The van der Waals surface area contributed by atoms with Gasteiger partial charge in [-0.1, -0.05) is 30.3 Å². The van der Waals surface area contributed by atoms with E-state index in [1.165, 1.54) is 12.1 Å². The Morgan fingerprint density at radius 2 is 1.66 bits per heavy atom. The first-order valence-corrected chi connectivity index (χ1v) is 11.8. The van der Waals surface area contributed by atoms with E-state index in [0.717, 1.165) is 5.56 Å². The van der Waals surface area contributed by atoms with Gasteiger partial charge in [0.25, 0.3) is 15.9 Å². The van der Waals surface area contributed by atoms with E-state index in [-0.39, 0.29) is 10.8 Å². The molecule has 1 N–H and O–H groups in total. The van der Waals surface area contributed by atoms with Crippen LogP contribution in [0.4, 0.5) is 5.69 Å². The lowest BCUT2D eigenvalue weighted by atomic mass is 10.1. The Kier molecular flexibility index (Phi) is 6.32. The van der Waals surface area contributed by atoms with Crippen molar-refractivity contribution in [1.82, 2.24) is 4.90 Å². The summed E-state index contributed by atoms with van der Waals surface area (Å²) in [6.07, 6.45) is 0. The molecular weight excluding hydrogens is 428 g/mol. The molecule has 7 nitrogen and oxygen atoms in total. The molecule has 4 rings (SSSR count). The summed E-state index contributed by atoms with van der Waals surface area (Å²) in [5, 5.41) is 0. The summed E-state index contributed by atoms with van der Waals surface area (Å²) in [4.78, 5) is 15.0. The van der Waals surface area contributed by atoms with E-state index in [1.54, 1.807) is 47.4 Å². The van der Waals surface area contributed by atoms with Crippen LogP contribution in [0.3, 0.4) is 0 Å². The van der Waals surface area contributed by atoms with Crippen molar-refractivity contribution in [2.75, 3.05) is 24.5 Å². The first-order chi connectivity index (χ1) is 15.5. The van der Waals surface area contributed by atoms with Gasteiger partial charge < -0.3 is 14.4 Å². The predicted octanol–water partition coefficient (Wildman–Crippen LogP) is 3.92. The summed E-state index contributed by atoms with van der Waals surface area (Å²) < 4.78 is 38.9. The number of hydrogen-bond acceptors (Lipinski definition) is 5. The summed E-state index contributed by atoms with van der Waals surface area (Å²) >= 11 is 0. The van der Waals surface area contributed by atoms with Gasteiger partial charge in [-0.3, -0.25) is 9.52 Å². The Morgan fingerprint density at radius 1 is 0.938 bits per heavy atom. The summed E-state index contributed by atoms with van der Waals surface area (Å²) in [6.45, 7) is 3.78. The van der Waals surface area contributed by atoms with Crippen molar-refractivity contribution in [2.45, 2.75) is 18.4 Å². The molecule has 0 aromatic heterocycles. The number of para-hydroxylation sites is 1. The molecule has 1 heterocycles. The highest BCUT2D eigenvalue weighted by molar-refractivity contribution is 7.92. The van der Waals surface area contributed by atoms with Crippen LogP contribution in [0.1, 0.15) is 22.8 Å². The number of fused-ring (bicyclic) bond motifs is 1. The van der Waals surface area contributed by atoms with Crippen LogP contribution < -0.4 is 14.2 Å². The molecule has 3 aromatic rings. The summed E-state index contributed by atoms with van der Waals surface area (Å²) in [5.74, 6) is 1.21. The van der Waals surface area contributed by atoms with Crippen molar-refractivity contribution in [3.63, 3.8) is 0 Å². The van der Waals surface area contributed by atoms with Crippen molar-refractivity contribution in [3.05, 3.63) is 83.9 Å². The third kappa shape index (κ3) is 4.70. The SMILES string of the molecule is CCN(Cc1cccc2c1OCCO2)C(=O)c1ccc(NS(=O)(=O)c2ccccc2)cc1. The molecular formula is C24H24N2O5S. The summed E-state index contributed by atoms with van der Waals surface area (Å²) in [5.41, 5.74) is 1.73. The van der Waals surface area contributed by atoms with E-state index < -0.39 is 10.0 Å². The fourth-order valence-electron chi connectivity index (χ4n) is 3.47. The average Bonchev–Trinajstić information content (AvgIpc) is 2.83. The highest BCUT2D eigenvalue weighted by Gasteiger charge is 2.21. The number of sulfonamides is 1. The standard InChI is InChI=1S/C24H24N2O5S/c1-2-26(17-19-7-6-10-22-23(19)31-16-15-30-22)24(27)18-11-13-20(14-12-18)25-32(28,29)21-8-4-3-5-9-21/h3-14,25H,2,15-17H2,1H3. The first-order valence-electron chi connectivity index (χ1n) is 10.3. The molecule has 0 bridgehead atoms. The highest BCUT2D eigenvalue weighted by atomic mass is 32.2. The number of nitrogens with one attached hydrogen (secondary N) is 1. The van der Waals surface area contributed by atoms with Gasteiger partial charge in [0.15, 0.2) is 11.5 Å². The van der Waals surface area contributed by atoms with Gasteiger partial charge in [-0.2, -0.15) is 0 Å². The quantitative estimate of drug-likeness (QED) is 0.587. The molecule has 1 aliphatic rings. The molecule has 0 saturated heterocycles. The number of hydrogen-bond donors (Lipinski definition) is 1. The molecule has 0 radical (unpaired) electrons. The van der Waals surface area contributed by atoms with E-state index in [2.05, 4.69) is 4.72 Å². The molecule has 0 saturated carbocycles. The second-order valence-corrected chi connectivity index (χ2v) is 8.94. The van der Waals surface area contributed by atoms with Crippen LogP contribution in [0, 0.1) is 0 Å². The van der Waals surface area contributed by atoms with Crippen LogP contribution in [0.2, 0.25) is 0 Å². The molecule has 166 valence electrons. The van der Waals surface area contributed by atoms with Gasteiger partial charge in [0.1, 0.15) is 13.2 Å². The Hall–Kier alpha value is -3.52. The molecule has 1 aliphatic heterocycles. The molecule has 0 spiro atoms. The lowest BCUT2D eigenvalue weighted by molar-refractivity contribution is 0.0749. The van der Waals surface area contributed by atoms with E-state index in [0.29, 0.717) is 49.1 Å². The van der Waals surface area contributed by atoms with Gasteiger partial charge >= 0.3 is 0 Å². The molecule has 8 heteroatoms. The van der Waals surface area contributed by atoms with Gasteiger partial charge in [-0.15, -0.1) is 0 Å². The van der Waals surface area contributed by atoms with Gasteiger partial charge in [0.2, 0.25) is 0 Å². The van der Waals surface area contributed by atoms with Crippen LogP contribution in [-0.2, 0) is 16.6 Å². The third-order valence-corrected chi connectivity index (χ3v) is 6.51. The monoisotopic (exact) mass is 452 g/mol. The number of amides is 1. The largest absolute Gasteiger partial charge is 0.486 e. The molecule has 1 amide bonds. The van der Waals surface area contributed by atoms with Gasteiger partial charge in [-0.05, 0) is 49.4 Å². The number of carbonyl (C=O) groups is 1. The van der Waals surface area contributed by atoms with Gasteiger partial charge in [-0.25, -0.2) is 8.42 Å². The van der Waals surface area contributed by atoms with Crippen molar-refractivity contribution >= 4 is 21.6 Å². The number of benzene rings is 3. The molecule has 32 heavy (non-hydrogen) atoms. The minimum Gasteiger partial charge on any atom is -0.486 e. The topological polar surface area (TPSA) is 84.9 Å². The second kappa shape index (κ2) is 9.32. The first kappa shape index (κ1) is 21.7. The number of carbonyl (C=O) groups excluding carboxylic acids is 1. The number of rotatable bonds is 7. The van der Waals surface area contributed by atoms with Crippen molar-refractivity contribution in [1.29, 1.82) is 0 Å². The van der Waals surface area contributed by atoms with Crippen LogP contribution in [0.25, 0.3) is 0 Å². The van der Waals surface area contributed by atoms with Crippen LogP contribution in [-0.4, -0.2) is 39.0 Å². The minimum absolute atomic E-state index is 0.153. The summed E-state index contributed by atoms with van der Waals surface area (Å²) in [6, 6.07) is 20.2. The van der Waals surface area contributed by atoms with Crippen molar-refractivity contribution < 1.29 is 22.7 Å². The van der Waals surface area contributed by atoms with Crippen molar-refractivity contribution in [2.24, 2.45) is 0 Å². The Bertz CT molecular complexity index is 1190. The molecule has 0 fully saturated rings. The van der Waals surface area contributed by atoms with Gasteiger partial charge in [0, 0.05) is 29.9 Å². The van der Waals surface area contributed by atoms with E-state index in [9.17, 15) is 13.2 Å². The molecule has 3 aromatic carbocycles. The summed E-state index contributed by atoms with van der Waals surface area (Å²) in [7, 11) is -3.69. The van der Waals surface area contributed by atoms with Gasteiger partial charge in [0.05, 0.1) is 4.90 Å². The average molecular weight is 453 g/mol. The Balaban J connectivity index is 1.48. The van der Waals surface area contributed by atoms with Crippen LogP contribution in [0.5, 0.6) is 11.5 Å². The Labute approximate surface area is 187 Å². The Morgan fingerprint density at radius 3 is 2.38 bits per heavy atom. The third-order valence-electron chi connectivity index (χ3n) is 5.12. The zero-order valence-electron chi connectivity index (χ0n) is 17.7. The number of nitrogens with zero attached hydrogens (tertiary/aromatic N) is 1. The molecule has 0 unspecified atom stereocenters. The second-order valence-electron chi connectivity index (χ2n) is 7.26. The van der Waals surface area contributed by atoms with E-state index in [4.69, 9.17) is 9.47 Å². The predicted molar refractivity (Wildman–Crippen MR) is 122 cm³/mol. The zero-order valence-corrected chi connectivity index (χ0v) is 18.5. The zero-order chi connectivity index (χ0) is 22.6. The van der Waals surface area contributed by atoms with E-state index in [1.807, 2.05) is 25.1 Å². The molecule has 0 atom stereocenters. The lowest BCUT2D eigenvalue weighted by Crippen LogP contribution is -2.31. The maximum atomic E-state index is 13.1. The lowest BCUT2D eigenvalue weighted by Gasteiger charge is -2.25. The fraction of sp³-hybridized carbons (Fsp3) is 0.208. The fourth-order valence-corrected chi connectivity index (χ4v) is 4.55. The highest BCUT2D eigenvalue weighted by Crippen LogP contribution is 2.34. The number of ether oxygens (including phenoxy) is 2. The maximum Gasteiger partial charge on any atom is 0.261 e. The van der Waals surface area contributed by atoms with E-state index >= 15 is 0 Å². The normalized spacial score (nSPS) is 12.8. The smallest absolute Gasteiger partial charge is 0.261 e. The molecule has 0 aliphatic carbocycles. The maximum absolute atomic E-state index is 13.1. The van der Waals surface area contributed by atoms with Crippen molar-refractivity contribution in [3.8, 4) is 11.5 Å².